The van der Waals surface area contributed by atoms with Gasteiger partial charge in [-0.05, 0) is 38.1 Å². The Kier molecular flexibility index (Phi) is 5.43. The third-order valence-electron chi connectivity index (χ3n) is 3.27. The summed E-state index contributed by atoms with van der Waals surface area (Å²) in [5, 5.41) is 9.96. The number of anilines is 2. The van der Waals surface area contributed by atoms with Crippen LogP contribution in [-0.4, -0.2) is 22.8 Å². The van der Waals surface area contributed by atoms with Crippen molar-refractivity contribution in [1.29, 1.82) is 0 Å². The molecule has 1 aromatic heterocycles. The zero-order chi connectivity index (χ0) is 17.7. The van der Waals surface area contributed by atoms with Gasteiger partial charge in [-0.1, -0.05) is 25.9 Å². The molecule has 7 nitrogen and oxygen atoms in total. The van der Waals surface area contributed by atoms with Gasteiger partial charge in [0.25, 0.3) is 0 Å². The van der Waals surface area contributed by atoms with Crippen LogP contribution in [0.1, 0.15) is 52.4 Å². The molecule has 7 heteroatoms. The molecule has 0 spiro atoms. The zero-order valence-corrected chi connectivity index (χ0v) is 14.7. The van der Waals surface area contributed by atoms with Crippen LogP contribution in [0.2, 0.25) is 0 Å². The van der Waals surface area contributed by atoms with Crippen molar-refractivity contribution >= 4 is 17.5 Å². The molecule has 1 atom stereocenters. The Balaban J connectivity index is 1.98. The number of aromatic nitrogens is 2. The average molecular weight is 332 g/mol. The van der Waals surface area contributed by atoms with E-state index in [4.69, 9.17) is 9.26 Å². The molecule has 0 aliphatic heterocycles. The fourth-order valence-electron chi connectivity index (χ4n) is 1.96. The summed E-state index contributed by atoms with van der Waals surface area (Å²) in [6, 6.07) is 7.18. The van der Waals surface area contributed by atoms with Gasteiger partial charge in [-0.25, -0.2) is 4.79 Å². The molecule has 0 saturated carbocycles. The first-order chi connectivity index (χ1) is 11.3. The third kappa shape index (κ3) is 4.71. The van der Waals surface area contributed by atoms with E-state index in [1.54, 1.807) is 19.1 Å². The number of rotatable bonds is 5. The van der Waals surface area contributed by atoms with E-state index in [2.05, 4.69) is 20.8 Å². The van der Waals surface area contributed by atoms with Gasteiger partial charge in [-0.2, -0.15) is 4.98 Å². The summed E-state index contributed by atoms with van der Waals surface area (Å²) in [5.41, 5.74) is 1.40. The van der Waals surface area contributed by atoms with E-state index >= 15 is 0 Å². The molecule has 130 valence electrons. The molecule has 2 rings (SSSR count). The minimum absolute atomic E-state index is 0.127. The summed E-state index contributed by atoms with van der Waals surface area (Å²) in [7, 11) is 0. The maximum Gasteiger partial charge on any atom is 0.411 e. The van der Waals surface area contributed by atoms with Crippen LogP contribution in [0.15, 0.2) is 28.8 Å². The molecule has 1 amide bonds. The lowest BCUT2D eigenvalue weighted by atomic mass is 9.96. The second-order valence-electron chi connectivity index (χ2n) is 6.50. The van der Waals surface area contributed by atoms with E-state index in [0.717, 1.165) is 5.69 Å². The van der Waals surface area contributed by atoms with Gasteiger partial charge in [-0.3, -0.25) is 5.32 Å². The monoisotopic (exact) mass is 332 g/mol. The second kappa shape index (κ2) is 7.33. The van der Waals surface area contributed by atoms with Crippen molar-refractivity contribution in [2.45, 2.75) is 46.1 Å². The highest BCUT2D eigenvalue weighted by Crippen LogP contribution is 2.23. The summed E-state index contributed by atoms with van der Waals surface area (Å²) in [6.07, 6.45) is -0.466. The lowest BCUT2D eigenvalue weighted by Gasteiger charge is -2.13. The van der Waals surface area contributed by atoms with Crippen molar-refractivity contribution in [1.82, 2.24) is 10.1 Å². The third-order valence-corrected chi connectivity index (χ3v) is 3.27. The minimum Gasteiger partial charge on any atom is -0.450 e. The highest BCUT2D eigenvalue weighted by atomic mass is 16.5. The van der Waals surface area contributed by atoms with E-state index in [1.165, 1.54) is 0 Å². The van der Waals surface area contributed by atoms with Gasteiger partial charge in [0, 0.05) is 16.8 Å². The number of ether oxygens (including phenoxy) is 1. The molecule has 1 heterocycles. The Bertz CT molecular complexity index is 674. The van der Waals surface area contributed by atoms with Gasteiger partial charge in [0.15, 0.2) is 5.82 Å². The number of amides is 1. The minimum atomic E-state index is -0.466. The van der Waals surface area contributed by atoms with Gasteiger partial charge in [-0.15, -0.1) is 0 Å². The fourth-order valence-corrected chi connectivity index (χ4v) is 1.96. The largest absolute Gasteiger partial charge is 0.450 e. The Labute approximate surface area is 141 Å². The zero-order valence-electron chi connectivity index (χ0n) is 14.7. The second-order valence-corrected chi connectivity index (χ2v) is 6.50. The molecular formula is C17H24N4O3. The molecule has 0 bridgehead atoms. The van der Waals surface area contributed by atoms with Crippen LogP contribution in [0.25, 0.3) is 0 Å². The summed E-state index contributed by atoms with van der Waals surface area (Å²) < 4.78 is 10.2. The number of carbonyl (C=O) groups is 1. The highest BCUT2D eigenvalue weighted by molar-refractivity contribution is 5.84. The maximum absolute atomic E-state index is 11.4. The van der Waals surface area contributed by atoms with Gasteiger partial charge in [0.2, 0.25) is 5.89 Å². The van der Waals surface area contributed by atoms with Crippen molar-refractivity contribution in [2.24, 2.45) is 0 Å². The van der Waals surface area contributed by atoms with Gasteiger partial charge >= 0.3 is 6.09 Å². The first-order valence-corrected chi connectivity index (χ1v) is 7.94. The van der Waals surface area contributed by atoms with E-state index in [9.17, 15) is 4.79 Å². The number of hydrogen-bond donors (Lipinski definition) is 2. The lowest BCUT2D eigenvalue weighted by molar-refractivity contribution is 0.168. The van der Waals surface area contributed by atoms with E-state index in [-0.39, 0.29) is 11.5 Å². The molecule has 0 aliphatic carbocycles. The SMILES string of the molecule is CCOC(=O)Nc1ccc(NC(C)c2nc(C(C)(C)C)no2)cc1. The van der Waals surface area contributed by atoms with Crippen LogP contribution in [0.3, 0.4) is 0 Å². The normalized spacial score (nSPS) is 12.5. The molecule has 0 fully saturated rings. The molecule has 0 aliphatic rings. The molecule has 2 N–H and O–H groups in total. The number of nitrogens with zero attached hydrogens (tertiary/aromatic N) is 2. The predicted molar refractivity (Wildman–Crippen MR) is 92.1 cm³/mol. The molecular weight excluding hydrogens is 308 g/mol. The molecule has 0 radical (unpaired) electrons. The first kappa shape index (κ1) is 17.8. The maximum atomic E-state index is 11.4. The van der Waals surface area contributed by atoms with E-state index in [0.29, 0.717) is 24.0 Å². The molecule has 24 heavy (non-hydrogen) atoms. The van der Waals surface area contributed by atoms with Crippen molar-refractivity contribution in [3.8, 4) is 0 Å². The van der Waals surface area contributed by atoms with Crippen LogP contribution in [0.5, 0.6) is 0 Å². The number of carbonyl (C=O) groups excluding carboxylic acids is 1. The van der Waals surface area contributed by atoms with Gasteiger partial charge in [0.05, 0.1) is 6.61 Å². The van der Waals surface area contributed by atoms with Crippen molar-refractivity contribution in [3.63, 3.8) is 0 Å². The smallest absolute Gasteiger partial charge is 0.411 e. The molecule has 1 unspecified atom stereocenters. The highest BCUT2D eigenvalue weighted by Gasteiger charge is 2.23. The summed E-state index contributed by atoms with van der Waals surface area (Å²) >= 11 is 0. The first-order valence-electron chi connectivity index (χ1n) is 7.94. The Morgan fingerprint density at radius 1 is 1.25 bits per heavy atom. The molecule has 2 aromatic rings. The van der Waals surface area contributed by atoms with Crippen LogP contribution in [-0.2, 0) is 10.2 Å². The van der Waals surface area contributed by atoms with Crippen LogP contribution in [0.4, 0.5) is 16.2 Å². The predicted octanol–water partition coefficient (Wildman–Crippen LogP) is 4.11. The Morgan fingerprint density at radius 2 is 1.88 bits per heavy atom. The van der Waals surface area contributed by atoms with Crippen molar-refractivity contribution < 1.29 is 14.1 Å². The average Bonchev–Trinajstić information content (AvgIpc) is 2.99. The quantitative estimate of drug-likeness (QED) is 0.856. The standard InChI is InChI=1S/C17H24N4O3/c1-6-23-16(22)19-13-9-7-12(8-10-13)18-11(2)14-20-15(21-24-14)17(3,4)5/h7-11,18H,6H2,1-5H3,(H,19,22). The van der Waals surface area contributed by atoms with Crippen molar-refractivity contribution in [2.75, 3.05) is 17.2 Å². The number of benzene rings is 1. The van der Waals surface area contributed by atoms with Crippen LogP contribution in [0, 0.1) is 0 Å². The fraction of sp³-hybridized carbons (Fsp3) is 0.471. The van der Waals surface area contributed by atoms with Crippen LogP contribution >= 0.6 is 0 Å². The summed E-state index contributed by atoms with van der Waals surface area (Å²) in [5.74, 6) is 1.22. The van der Waals surface area contributed by atoms with E-state index < -0.39 is 6.09 Å². The molecule has 1 aromatic carbocycles. The lowest BCUT2D eigenvalue weighted by Crippen LogP contribution is -2.14. The number of nitrogens with one attached hydrogen (secondary N) is 2. The summed E-state index contributed by atoms with van der Waals surface area (Å²) in [4.78, 5) is 15.8. The Hall–Kier alpha value is -2.57. The summed E-state index contributed by atoms with van der Waals surface area (Å²) in [6.45, 7) is 10.2. The Morgan fingerprint density at radius 3 is 2.42 bits per heavy atom. The van der Waals surface area contributed by atoms with Crippen LogP contribution < -0.4 is 10.6 Å². The van der Waals surface area contributed by atoms with Gasteiger partial charge < -0.3 is 14.6 Å². The topological polar surface area (TPSA) is 89.3 Å². The number of hydrogen-bond acceptors (Lipinski definition) is 6. The van der Waals surface area contributed by atoms with Crippen molar-refractivity contribution in [3.05, 3.63) is 36.0 Å². The van der Waals surface area contributed by atoms with E-state index in [1.807, 2.05) is 39.8 Å². The molecule has 0 saturated heterocycles. The van der Waals surface area contributed by atoms with Gasteiger partial charge in [0.1, 0.15) is 6.04 Å².